The number of Topliss-reactive ketones (excluding diaryl/α,β-unsaturated/α-hetero) is 1. The van der Waals surface area contributed by atoms with E-state index in [1.807, 2.05) is 27.7 Å². The summed E-state index contributed by atoms with van der Waals surface area (Å²) in [6, 6.07) is -0.737. The van der Waals surface area contributed by atoms with Gasteiger partial charge in [-0.05, 0) is 53.4 Å². The first-order valence-electron chi connectivity index (χ1n) is 18.9. The number of urea groups is 1. The molecule has 2 saturated heterocycles. The van der Waals surface area contributed by atoms with Crippen molar-refractivity contribution in [2.24, 2.45) is 22.7 Å². The Balaban J connectivity index is 1.55. The Morgan fingerprint density at radius 3 is 2.29 bits per heavy atom. The van der Waals surface area contributed by atoms with Crippen LogP contribution in [0.2, 0.25) is 0 Å². The fourth-order valence-electron chi connectivity index (χ4n) is 7.67. The van der Waals surface area contributed by atoms with E-state index >= 15 is 0 Å². The van der Waals surface area contributed by atoms with Gasteiger partial charge in [-0.3, -0.25) is 19.2 Å². The monoisotopic (exact) mass is 764 g/mol. The molecule has 1 aliphatic carbocycles. The zero-order valence-corrected chi connectivity index (χ0v) is 33.6. The highest BCUT2D eigenvalue weighted by Crippen LogP contribution is 2.65. The minimum absolute atomic E-state index is 0.0128. The van der Waals surface area contributed by atoms with E-state index in [0.29, 0.717) is 45.2 Å². The van der Waals surface area contributed by atoms with E-state index in [9.17, 15) is 32.4 Å². The van der Waals surface area contributed by atoms with Gasteiger partial charge in [0, 0.05) is 32.7 Å². The Bertz CT molecular complexity index is 1540. The number of fused-ring (bicyclic) bond motifs is 3. The van der Waals surface area contributed by atoms with Crippen LogP contribution in [0.4, 0.5) is 4.79 Å². The minimum Gasteiger partial charge on any atom is -0.349 e. The quantitative estimate of drug-likeness (QED) is 0.260. The number of carbonyl (C=O) groups excluding carboxylic acids is 5. The number of piperidine rings is 1. The molecule has 3 heterocycles. The molecule has 4 rings (SSSR count). The Hall–Kier alpha value is -3.04. The third-order valence-corrected chi connectivity index (χ3v) is 14.4. The van der Waals surface area contributed by atoms with Gasteiger partial charge in [-0.25, -0.2) is 13.2 Å². The molecule has 0 unspecified atom stereocenters. The van der Waals surface area contributed by atoms with Gasteiger partial charge in [-0.1, -0.05) is 92.6 Å². The van der Waals surface area contributed by atoms with Crippen molar-refractivity contribution in [1.29, 1.82) is 0 Å². The summed E-state index contributed by atoms with van der Waals surface area (Å²) in [7, 11) is -2.28. The first-order valence-corrected chi connectivity index (χ1v) is 21.2. The first-order chi connectivity index (χ1) is 24.4. The number of nitrogens with one attached hydrogen (secondary N) is 4. The molecule has 4 N–H and O–H groups in total. The summed E-state index contributed by atoms with van der Waals surface area (Å²) >= 11 is 1.13. The lowest BCUT2D eigenvalue weighted by Crippen LogP contribution is -2.60. The summed E-state index contributed by atoms with van der Waals surface area (Å²) in [5.41, 5.74) is -0.721. The second-order valence-electron chi connectivity index (χ2n) is 16.4. The Kier molecular flexibility index (Phi) is 14.0. The number of carbonyl (C=O) groups is 5. The van der Waals surface area contributed by atoms with Crippen molar-refractivity contribution in [2.75, 3.05) is 26.7 Å². The summed E-state index contributed by atoms with van der Waals surface area (Å²) in [4.78, 5) is 69.8. The summed E-state index contributed by atoms with van der Waals surface area (Å²) in [6.45, 7) is 12.5. The molecule has 1 aromatic rings. The van der Waals surface area contributed by atoms with E-state index < -0.39 is 63.2 Å². The molecule has 0 radical (unpaired) electrons. The molecule has 3 aliphatic rings. The van der Waals surface area contributed by atoms with Gasteiger partial charge < -0.3 is 26.2 Å². The third-order valence-electron chi connectivity index (χ3n) is 11.2. The van der Waals surface area contributed by atoms with E-state index in [2.05, 4.69) is 35.1 Å². The molecule has 0 spiro atoms. The average Bonchev–Trinajstić information content (AvgIpc) is 3.53. The van der Waals surface area contributed by atoms with E-state index in [-0.39, 0.29) is 33.9 Å². The zero-order chi connectivity index (χ0) is 38.4. The second kappa shape index (κ2) is 17.4. The van der Waals surface area contributed by atoms with E-state index in [1.54, 1.807) is 22.4 Å². The van der Waals surface area contributed by atoms with Crippen molar-refractivity contribution in [2.45, 2.75) is 134 Å². The van der Waals surface area contributed by atoms with Crippen LogP contribution in [0.25, 0.3) is 0 Å². The molecule has 0 aromatic carbocycles. The number of hydrogen-bond acceptors (Lipinski definition) is 8. The van der Waals surface area contributed by atoms with Gasteiger partial charge in [-0.2, -0.15) is 4.31 Å². The molecule has 6 atom stereocenters. The summed E-state index contributed by atoms with van der Waals surface area (Å²) in [6.07, 6.45) is 7.37. The van der Waals surface area contributed by atoms with E-state index in [0.717, 1.165) is 43.4 Å². The lowest BCUT2D eigenvalue weighted by Gasteiger charge is -2.36. The molecular formula is C37H60N6O7S2. The van der Waals surface area contributed by atoms with Gasteiger partial charge in [0.25, 0.3) is 15.9 Å². The largest absolute Gasteiger partial charge is 0.349 e. The molecule has 3 fully saturated rings. The van der Waals surface area contributed by atoms with Crippen LogP contribution < -0.4 is 21.3 Å². The average molecular weight is 765 g/mol. The lowest BCUT2D eigenvalue weighted by atomic mass is 9.86. The molecular weight excluding hydrogens is 705 g/mol. The predicted molar refractivity (Wildman–Crippen MR) is 201 cm³/mol. The van der Waals surface area contributed by atoms with Crippen LogP contribution in [0, 0.1) is 22.7 Å². The number of amides is 5. The normalized spacial score (nSPS) is 26.5. The van der Waals surface area contributed by atoms with Gasteiger partial charge in [0.1, 0.15) is 16.3 Å². The van der Waals surface area contributed by atoms with Crippen molar-refractivity contribution < 1.29 is 32.4 Å². The summed E-state index contributed by atoms with van der Waals surface area (Å²) in [5, 5.41) is 13.1. The summed E-state index contributed by atoms with van der Waals surface area (Å²) < 4.78 is 27.8. The fourth-order valence-corrected chi connectivity index (χ4v) is 10.1. The van der Waals surface area contributed by atoms with Crippen LogP contribution in [0.1, 0.15) is 106 Å². The SMILES string of the molecule is CCCNC(=O)C(=O)[C@@H]1CCCCCCCCC[C@H](NC(=O)N[C@H](CN(C)S(=O)(=O)c2cccs2)C(C)(C)C)C(=O)N2C[C@H]3[C@@H]([C@H]2C(=O)N1)C3(C)C. The number of sulfonamides is 1. The first kappa shape index (κ1) is 41.7. The maximum atomic E-state index is 14.4. The van der Waals surface area contributed by atoms with E-state index in [1.165, 1.54) is 11.4 Å². The minimum atomic E-state index is -3.76. The molecule has 1 saturated carbocycles. The van der Waals surface area contributed by atoms with Gasteiger partial charge in [0.05, 0.1) is 6.04 Å². The highest BCUT2D eigenvalue weighted by atomic mass is 32.2. The number of ketones is 1. The molecule has 292 valence electrons. The maximum Gasteiger partial charge on any atom is 0.315 e. The van der Waals surface area contributed by atoms with Gasteiger partial charge in [0.15, 0.2) is 0 Å². The highest BCUT2D eigenvalue weighted by Gasteiger charge is 2.69. The lowest BCUT2D eigenvalue weighted by molar-refractivity contribution is -0.144. The maximum absolute atomic E-state index is 14.4. The highest BCUT2D eigenvalue weighted by molar-refractivity contribution is 7.91. The van der Waals surface area contributed by atoms with Crippen molar-refractivity contribution in [1.82, 2.24) is 30.5 Å². The van der Waals surface area contributed by atoms with E-state index in [4.69, 9.17) is 0 Å². The Labute approximate surface area is 313 Å². The molecule has 1 aromatic heterocycles. The number of hydrogen-bond donors (Lipinski definition) is 4. The van der Waals surface area contributed by atoms with Crippen molar-refractivity contribution >= 4 is 50.9 Å². The van der Waals surface area contributed by atoms with Crippen molar-refractivity contribution in [3.63, 3.8) is 0 Å². The Morgan fingerprint density at radius 1 is 1.06 bits per heavy atom. The van der Waals surface area contributed by atoms with Crippen LogP contribution in [-0.2, 0) is 29.2 Å². The van der Waals surface area contributed by atoms with Crippen LogP contribution in [0.15, 0.2) is 21.7 Å². The zero-order valence-electron chi connectivity index (χ0n) is 32.0. The number of rotatable bonds is 10. The van der Waals surface area contributed by atoms with Crippen LogP contribution in [0.5, 0.6) is 0 Å². The van der Waals surface area contributed by atoms with Gasteiger partial charge in [0.2, 0.25) is 17.6 Å². The number of likely N-dealkylation sites (N-methyl/N-ethyl adjacent to an activating group) is 1. The van der Waals surface area contributed by atoms with Gasteiger partial charge in [-0.15, -0.1) is 11.3 Å². The van der Waals surface area contributed by atoms with Crippen LogP contribution >= 0.6 is 11.3 Å². The third kappa shape index (κ3) is 9.93. The van der Waals surface area contributed by atoms with Crippen molar-refractivity contribution in [3.8, 4) is 0 Å². The number of nitrogens with zero attached hydrogens (tertiary/aromatic N) is 2. The summed E-state index contributed by atoms with van der Waals surface area (Å²) in [5.74, 6) is -2.25. The second-order valence-corrected chi connectivity index (χ2v) is 19.6. The standard InChI is InChI=1S/C37H60N6O7S2/c1-8-20-38-33(46)31(44)25-17-14-12-10-9-11-13-15-18-26(34(47)43-22-24-29(37(24,5)6)30(43)32(45)39-25)40-35(48)41-27(36(2,3)4)23-42(7)52(49,50)28-19-16-21-51-28/h16,19,21,24-27,29-30H,8-15,17-18,20,22-23H2,1-7H3,(H,38,46)(H,39,45)(H2,40,41,48)/t24-,25-,26-,27+,29-,30-/m0/s1. The Morgan fingerprint density at radius 2 is 1.69 bits per heavy atom. The fraction of sp³-hybridized carbons (Fsp3) is 0.757. The predicted octanol–water partition coefficient (Wildman–Crippen LogP) is 4.04. The van der Waals surface area contributed by atoms with Gasteiger partial charge >= 0.3 is 6.03 Å². The smallest absolute Gasteiger partial charge is 0.315 e. The number of thiophene rings is 1. The molecule has 15 heteroatoms. The molecule has 0 bridgehead atoms. The van der Waals surface area contributed by atoms with Crippen LogP contribution in [0.3, 0.4) is 0 Å². The van der Waals surface area contributed by atoms with Crippen molar-refractivity contribution in [3.05, 3.63) is 17.5 Å². The van der Waals surface area contributed by atoms with Crippen LogP contribution in [-0.4, -0.2) is 98.0 Å². The molecule has 2 aliphatic heterocycles. The molecule has 13 nitrogen and oxygen atoms in total. The molecule has 5 amide bonds. The molecule has 52 heavy (non-hydrogen) atoms. The topological polar surface area (TPSA) is 174 Å².